The zero-order chi connectivity index (χ0) is 13.4. The van der Waals surface area contributed by atoms with Gasteiger partial charge in [-0.2, -0.15) is 0 Å². The van der Waals surface area contributed by atoms with Gasteiger partial charge in [0.25, 0.3) is 0 Å². The smallest absolute Gasteiger partial charge is 0.221 e. The Balaban J connectivity index is -0.000000166. The number of rotatable bonds is 4. The van der Waals surface area contributed by atoms with Gasteiger partial charge >= 0.3 is 0 Å². The normalized spacial score (nSPS) is 8.12. The lowest BCUT2D eigenvalue weighted by atomic mass is 10.5. The first-order valence-corrected chi connectivity index (χ1v) is 6.15. The van der Waals surface area contributed by atoms with Crippen LogP contribution in [0.15, 0.2) is 0 Å². The highest BCUT2D eigenvalue weighted by molar-refractivity contribution is 6.63. The average molecular weight is 249 g/mol. The summed E-state index contributed by atoms with van der Waals surface area (Å²) in [7, 11) is 0. The number of carbonyl (C=O) groups is 1. The van der Waals surface area contributed by atoms with E-state index in [9.17, 15) is 4.79 Å². The predicted molar refractivity (Wildman–Crippen MR) is 71.8 cm³/mol. The van der Waals surface area contributed by atoms with E-state index in [1.54, 1.807) is 6.92 Å². The van der Waals surface area contributed by atoms with Crippen LogP contribution in [0.4, 0.5) is 0 Å². The first-order valence-electron chi connectivity index (χ1n) is 5.77. The second-order valence-electron chi connectivity index (χ2n) is 2.80. The summed E-state index contributed by atoms with van der Waals surface area (Å²) in [5.74, 6) is 0. The molecule has 16 heavy (non-hydrogen) atoms. The Morgan fingerprint density at radius 2 is 1.38 bits per heavy atom. The van der Waals surface area contributed by atoms with E-state index in [4.69, 9.17) is 18.2 Å². The van der Waals surface area contributed by atoms with Crippen molar-refractivity contribution in [3.63, 3.8) is 0 Å². The molecular weight excluding hydrogens is 224 g/mol. The van der Waals surface area contributed by atoms with Crippen LogP contribution in [-0.2, 0) is 4.79 Å². The number of halogens is 1. The van der Waals surface area contributed by atoms with Crippen LogP contribution < -0.4 is 0 Å². The lowest BCUT2D eigenvalue weighted by molar-refractivity contribution is -0.111. The summed E-state index contributed by atoms with van der Waals surface area (Å²) >= 11 is 4.82. The first kappa shape index (κ1) is 20.8. The van der Waals surface area contributed by atoms with Crippen molar-refractivity contribution in [1.82, 2.24) is 4.90 Å². The SMILES string of the molecule is CCC(=O)Cl.CCN(CC)CC.[C-]#[N+]CC. The van der Waals surface area contributed by atoms with Gasteiger partial charge in [0.1, 0.15) is 0 Å². The number of hydrogen-bond acceptors (Lipinski definition) is 2. The van der Waals surface area contributed by atoms with Crippen LogP contribution in [0.2, 0.25) is 0 Å². The average Bonchev–Trinajstić information content (AvgIpc) is 2.32. The summed E-state index contributed by atoms with van der Waals surface area (Å²) in [6.45, 7) is 20.4. The molecule has 4 heteroatoms. The van der Waals surface area contributed by atoms with Crippen LogP contribution in [0.5, 0.6) is 0 Å². The van der Waals surface area contributed by atoms with Crippen molar-refractivity contribution in [1.29, 1.82) is 0 Å². The molecule has 0 aliphatic carbocycles. The maximum Gasteiger partial charge on any atom is 0.221 e. The molecule has 0 aliphatic rings. The monoisotopic (exact) mass is 248 g/mol. The van der Waals surface area contributed by atoms with E-state index >= 15 is 0 Å². The Bertz CT molecular complexity index is 169. The van der Waals surface area contributed by atoms with Gasteiger partial charge in [-0.15, -0.1) is 0 Å². The minimum Gasteiger partial charge on any atom is -0.317 e. The van der Waals surface area contributed by atoms with Crippen LogP contribution in [-0.4, -0.2) is 36.3 Å². The quantitative estimate of drug-likeness (QED) is 0.562. The minimum absolute atomic E-state index is 0.273. The van der Waals surface area contributed by atoms with E-state index in [1.807, 2.05) is 6.92 Å². The summed E-state index contributed by atoms with van der Waals surface area (Å²) < 4.78 is 0. The van der Waals surface area contributed by atoms with E-state index in [0.717, 1.165) is 0 Å². The number of hydrogen-bond donors (Lipinski definition) is 0. The molecule has 0 atom stereocenters. The number of carbonyl (C=O) groups excluding carboxylic acids is 1. The zero-order valence-corrected chi connectivity index (χ0v) is 12.0. The second kappa shape index (κ2) is 19.9. The molecule has 0 saturated carbocycles. The Morgan fingerprint density at radius 1 is 1.12 bits per heavy atom. The van der Waals surface area contributed by atoms with Gasteiger partial charge in [-0.05, 0) is 31.2 Å². The van der Waals surface area contributed by atoms with Crippen LogP contribution in [0.3, 0.4) is 0 Å². The van der Waals surface area contributed by atoms with E-state index < -0.39 is 0 Å². The van der Waals surface area contributed by atoms with Gasteiger partial charge in [0.2, 0.25) is 11.8 Å². The summed E-state index contributed by atoms with van der Waals surface area (Å²) in [5, 5.41) is -0.273. The fraction of sp³-hybridized carbons (Fsp3) is 0.833. The van der Waals surface area contributed by atoms with Crippen LogP contribution in [0.1, 0.15) is 41.0 Å². The van der Waals surface area contributed by atoms with Crippen molar-refractivity contribution in [2.24, 2.45) is 0 Å². The third kappa shape index (κ3) is 29.2. The molecule has 96 valence electrons. The Labute approximate surface area is 106 Å². The number of nitrogens with zero attached hydrogens (tertiary/aromatic N) is 2. The Kier molecular flexibility index (Phi) is 25.8. The molecule has 0 aromatic carbocycles. The molecule has 0 saturated heterocycles. The van der Waals surface area contributed by atoms with Crippen molar-refractivity contribution in [3.8, 4) is 0 Å². The van der Waals surface area contributed by atoms with E-state index in [1.165, 1.54) is 19.6 Å². The molecule has 0 spiro atoms. The fourth-order valence-electron chi connectivity index (χ4n) is 0.671. The van der Waals surface area contributed by atoms with Gasteiger partial charge in [0, 0.05) is 13.3 Å². The molecule has 0 rings (SSSR count). The minimum atomic E-state index is -0.273. The lowest BCUT2D eigenvalue weighted by Crippen LogP contribution is -2.21. The highest BCUT2D eigenvalue weighted by Crippen LogP contribution is 1.82. The molecule has 0 heterocycles. The lowest BCUT2D eigenvalue weighted by Gasteiger charge is -2.13. The highest BCUT2D eigenvalue weighted by atomic mass is 35.5. The van der Waals surface area contributed by atoms with Crippen LogP contribution >= 0.6 is 11.6 Å². The van der Waals surface area contributed by atoms with Gasteiger partial charge in [0.05, 0.1) is 0 Å². The largest absolute Gasteiger partial charge is 0.317 e. The topological polar surface area (TPSA) is 24.7 Å². The second-order valence-corrected chi connectivity index (χ2v) is 3.22. The van der Waals surface area contributed by atoms with Gasteiger partial charge < -0.3 is 9.74 Å². The third-order valence-electron chi connectivity index (χ3n) is 1.78. The third-order valence-corrected chi connectivity index (χ3v) is 2.04. The van der Waals surface area contributed by atoms with Crippen molar-refractivity contribution >= 4 is 16.8 Å². The molecule has 0 unspecified atom stereocenters. The molecule has 3 nitrogen and oxygen atoms in total. The molecule has 0 N–H and O–H groups in total. The van der Waals surface area contributed by atoms with Crippen LogP contribution in [0, 0.1) is 6.57 Å². The first-order chi connectivity index (χ1) is 7.53. The molecular formula is C12H25ClN2O. The standard InChI is InChI=1S/C6H15N.C3H5ClO.C3H5N/c1-4-7(5-2)6-3;1-2-3(4)5;1-3-4-2/h4-6H2,1-3H3;2H2,1H3;3H2,1H3. The predicted octanol–water partition coefficient (Wildman–Crippen LogP) is 3.44. The summed E-state index contributed by atoms with van der Waals surface area (Å²) in [6.07, 6.45) is 0.432. The molecule has 0 aromatic rings. The van der Waals surface area contributed by atoms with Gasteiger partial charge in [-0.25, -0.2) is 6.57 Å². The Morgan fingerprint density at radius 3 is 1.38 bits per heavy atom. The molecule has 0 aromatic heterocycles. The molecule has 0 amide bonds. The van der Waals surface area contributed by atoms with Crippen molar-refractivity contribution in [3.05, 3.63) is 11.4 Å². The highest BCUT2D eigenvalue weighted by Gasteiger charge is 1.89. The van der Waals surface area contributed by atoms with Gasteiger partial charge in [-0.1, -0.05) is 27.7 Å². The zero-order valence-electron chi connectivity index (χ0n) is 11.2. The van der Waals surface area contributed by atoms with Crippen molar-refractivity contribution < 1.29 is 4.79 Å². The van der Waals surface area contributed by atoms with Crippen molar-refractivity contribution in [2.75, 3.05) is 26.2 Å². The Hall–Kier alpha value is -0.590. The van der Waals surface area contributed by atoms with E-state index in [-0.39, 0.29) is 5.24 Å². The maximum atomic E-state index is 9.58. The van der Waals surface area contributed by atoms with Crippen molar-refractivity contribution in [2.45, 2.75) is 41.0 Å². The molecule has 0 radical (unpaired) electrons. The van der Waals surface area contributed by atoms with E-state index in [0.29, 0.717) is 13.0 Å². The van der Waals surface area contributed by atoms with E-state index in [2.05, 4.69) is 30.5 Å². The fourth-order valence-corrected chi connectivity index (χ4v) is 0.671. The van der Waals surface area contributed by atoms with Gasteiger partial charge in [0.15, 0.2) is 0 Å². The summed E-state index contributed by atoms with van der Waals surface area (Å²) in [4.78, 5) is 14.9. The summed E-state index contributed by atoms with van der Waals surface area (Å²) in [5.41, 5.74) is 0. The molecule has 0 bridgehead atoms. The van der Waals surface area contributed by atoms with Gasteiger partial charge in [-0.3, -0.25) is 4.79 Å². The molecule has 0 aliphatic heterocycles. The van der Waals surface area contributed by atoms with Crippen LogP contribution in [0.25, 0.3) is 4.85 Å². The summed E-state index contributed by atoms with van der Waals surface area (Å²) in [6, 6.07) is 0. The molecule has 0 fully saturated rings. The maximum absolute atomic E-state index is 9.58.